The molecule has 0 unspecified atom stereocenters. The van der Waals surface area contributed by atoms with Gasteiger partial charge in [-0.15, -0.1) is 0 Å². The van der Waals surface area contributed by atoms with E-state index in [0.717, 1.165) is 22.2 Å². The maximum atomic E-state index is 13.4. The van der Waals surface area contributed by atoms with Crippen molar-refractivity contribution >= 4 is 16.9 Å². The Kier molecular flexibility index (Phi) is 2.75. The summed E-state index contributed by atoms with van der Waals surface area (Å²) in [5.41, 5.74) is 3.21. The number of H-pyrrole nitrogens is 1. The zero-order valence-electron chi connectivity index (χ0n) is 10.6. The lowest BCUT2D eigenvalue weighted by molar-refractivity contribution is 0.0696. The van der Waals surface area contributed by atoms with Gasteiger partial charge in [-0.2, -0.15) is 0 Å². The number of benzene rings is 1. The number of carboxylic acid groups (broad SMARTS) is 1. The minimum atomic E-state index is -1.02. The van der Waals surface area contributed by atoms with Crippen molar-refractivity contribution in [2.75, 3.05) is 0 Å². The average Bonchev–Trinajstić information content (AvgIpc) is 2.74. The molecule has 0 saturated carbocycles. The molecule has 2 heterocycles. The van der Waals surface area contributed by atoms with Crippen LogP contribution in [-0.2, 0) is 0 Å². The second-order valence-corrected chi connectivity index (χ2v) is 4.55. The summed E-state index contributed by atoms with van der Waals surface area (Å²) in [7, 11) is 0. The first-order valence-electron chi connectivity index (χ1n) is 6.04. The van der Waals surface area contributed by atoms with E-state index in [-0.39, 0.29) is 11.4 Å². The van der Waals surface area contributed by atoms with Crippen LogP contribution >= 0.6 is 0 Å². The Morgan fingerprint density at radius 3 is 2.75 bits per heavy atom. The summed E-state index contributed by atoms with van der Waals surface area (Å²) >= 11 is 0. The van der Waals surface area contributed by atoms with Crippen LogP contribution in [0.25, 0.3) is 22.2 Å². The molecule has 3 rings (SSSR count). The summed E-state index contributed by atoms with van der Waals surface area (Å²) in [5, 5.41) is 9.61. The van der Waals surface area contributed by atoms with Gasteiger partial charge in [0.25, 0.3) is 0 Å². The van der Waals surface area contributed by atoms with Crippen molar-refractivity contribution in [3.63, 3.8) is 0 Å². The zero-order valence-corrected chi connectivity index (χ0v) is 10.6. The molecule has 3 aromatic rings. The molecule has 0 aliphatic rings. The lowest BCUT2D eigenvalue weighted by atomic mass is 10.1. The molecule has 4 nitrogen and oxygen atoms in total. The molecule has 20 heavy (non-hydrogen) atoms. The summed E-state index contributed by atoms with van der Waals surface area (Å²) in [4.78, 5) is 18.2. The van der Waals surface area contributed by atoms with Crippen molar-refractivity contribution in [3.05, 3.63) is 53.6 Å². The molecule has 0 aliphatic carbocycles. The van der Waals surface area contributed by atoms with E-state index >= 15 is 0 Å². The van der Waals surface area contributed by atoms with E-state index in [1.54, 1.807) is 12.1 Å². The second kappa shape index (κ2) is 4.45. The number of carbonyl (C=O) groups is 1. The minimum absolute atomic E-state index is 0.123. The van der Waals surface area contributed by atoms with Crippen LogP contribution in [0.3, 0.4) is 0 Å². The van der Waals surface area contributed by atoms with Crippen molar-refractivity contribution in [2.45, 2.75) is 6.92 Å². The van der Waals surface area contributed by atoms with Gasteiger partial charge in [-0.1, -0.05) is 0 Å². The number of halogens is 1. The molecular formula is C15H11FN2O2. The quantitative estimate of drug-likeness (QED) is 0.750. The van der Waals surface area contributed by atoms with Gasteiger partial charge in [0, 0.05) is 28.4 Å². The molecule has 0 radical (unpaired) electrons. The molecule has 1 aromatic carbocycles. The van der Waals surface area contributed by atoms with Crippen LogP contribution in [-0.4, -0.2) is 21.0 Å². The molecule has 0 fully saturated rings. The van der Waals surface area contributed by atoms with Gasteiger partial charge in [0.05, 0.1) is 11.3 Å². The van der Waals surface area contributed by atoms with Gasteiger partial charge in [0.1, 0.15) is 5.82 Å². The zero-order chi connectivity index (χ0) is 14.3. The van der Waals surface area contributed by atoms with Gasteiger partial charge in [-0.3, -0.25) is 4.98 Å². The summed E-state index contributed by atoms with van der Waals surface area (Å²) in [6, 6.07) is 7.63. The van der Waals surface area contributed by atoms with Gasteiger partial charge in [0.15, 0.2) is 0 Å². The van der Waals surface area contributed by atoms with E-state index < -0.39 is 5.97 Å². The van der Waals surface area contributed by atoms with Crippen LogP contribution in [0.4, 0.5) is 4.39 Å². The number of hydrogen-bond acceptors (Lipinski definition) is 2. The molecule has 2 N–H and O–H groups in total. The van der Waals surface area contributed by atoms with Crippen LogP contribution in [0.2, 0.25) is 0 Å². The molecule has 0 aliphatic heterocycles. The maximum absolute atomic E-state index is 13.4. The number of hydrogen-bond donors (Lipinski definition) is 2. The number of aromatic amines is 1. The van der Waals surface area contributed by atoms with Crippen LogP contribution < -0.4 is 0 Å². The van der Waals surface area contributed by atoms with E-state index in [1.165, 1.54) is 24.4 Å². The molecule has 0 amide bonds. The fraction of sp³-hybridized carbons (Fsp3) is 0.0667. The predicted molar refractivity (Wildman–Crippen MR) is 73.2 cm³/mol. The minimum Gasteiger partial charge on any atom is -0.478 e. The van der Waals surface area contributed by atoms with Crippen molar-refractivity contribution < 1.29 is 14.3 Å². The van der Waals surface area contributed by atoms with E-state index in [0.29, 0.717) is 5.69 Å². The van der Waals surface area contributed by atoms with Crippen molar-refractivity contribution in [3.8, 4) is 11.3 Å². The van der Waals surface area contributed by atoms with Crippen LogP contribution in [0.5, 0.6) is 0 Å². The Labute approximate surface area is 113 Å². The largest absolute Gasteiger partial charge is 0.478 e. The number of aromatic nitrogens is 2. The number of nitrogens with zero attached hydrogens (tertiary/aromatic N) is 1. The van der Waals surface area contributed by atoms with Crippen molar-refractivity contribution in [1.29, 1.82) is 0 Å². The highest BCUT2D eigenvalue weighted by Gasteiger charge is 2.13. The Morgan fingerprint density at radius 2 is 2.10 bits per heavy atom. The highest BCUT2D eigenvalue weighted by molar-refractivity contribution is 5.97. The van der Waals surface area contributed by atoms with Crippen molar-refractivity contribution in [1.82, 2.24) is 9.97 Å². The smallest absolute Gasteiger partial charge is 0.337 e. The Balaban J connectivity index is 2.20. The molecule has 5 heteroatoms. The highest BCUT2D eigenvalue weighted by Crippen LogP contribution is 2.31. The molecule has 0 spiro atoms. The third-order valence-corrected chi connectivity index (χ3v) is 3.21. The Morgan fingerprint density at radius 1 is 1.30 bits per heavy atom. The predicted octanol–water partition coefficient (Wildman–Crippen LogP) is 3.38. The highest BCUT2D eigenvalue weighted by atomic mass is 19.1. The summed E-state index contributed by atoms with van der Waals surface area (Å²) in [6.07, 6.45) is 1.30. The van der Waals surface area contributed by atoms with E-state index in [1.807, 2.05) is 6.92 Å². The number of carboxylic acids is 1. The number of aromatic carboxylic acids is 1. The van der Waals surface area contributed by atoms with Crippen LogP contribution in [0, 0.1) is 12.7 Å². The van der Waals surface area contributed by atoms with Gasteiger partial charge in [0.2, 0.25) is 0 Å². The number of nitrogens with one attached hydrogen (secondary N) is 1. The molecule has 0 saturated heterocycles. The maximum Gasteiger partial charge on any atom is 0.337 e. The van der Waals surface area contributed by atoms with E-state index in [2.05, 4.69) is 9.97 Å². The van der Waals surface area contributed by atoms with Gasteiger partial charge in [-0.05, 0) is 37.3 Å². The van der Waals surface area contributed by atoms with Crippen LogP contribution in [0.1, 0.15) is 16.1 Å². The first-order valence-corrected chi connectivity index (χ1v) is 6.04. The standard InChI is InChI=1S/C15H11FN2O2/c1-8-14(11-6-10(16)3-5-12(11)18-8)13-4-2-9(7-17-13)15(19)20/h2-7,18H,1H3,(H,19,20). The first kappa shape index (κ1) is 12.3. The van der Waals surface area contributed by atoms with Gasteiger partial charge in [-0.25, -0.2) is 9.18 Å². The van der Waals surface area contributed by atoms with Crippen LogP contribution in [0.15, 0.2) is 36.5 Å². The summed E-state index contributed by atoms with van der Waals surface area (Å²) in [6.45, 7) is 1.88. The van der Waals surface area contributed by atoms with E-state index in [9.17, 15) is 9.18 Å². The number of fused-ring (bicyclic) bond motifs is 1. The molecule has 0 bridgehead atoms. The normalized spacial score (nSPS) is 10.9. The van der Waals surface area contributed by atoms with Gasteiger partial charge >= 0.3 is 5.97 Å². The molecule has 0 atom stereocenters. The monoisotopic (exact) mass is 270 g/mol. The van der Waals surface area contributed by atoms with Crippen molar-refractivity contribution in [2.24, 2.45) is 0 Å². The lowest BCUT2D eigenvalue weighted by Gasteiger charge is -2.02. The number of pyridine rings is 1. The van der Waals surface area contributed by atoms with E-state index in [4.69, 9.17) is 5.11 Å². The Bertz CT molecular complexity index is 807. The first-order chi connectivity index (χ1) is 9.56. The number of aryl methyl sites for hydroxylation is 1. The third-order valence-electron chi connectivity index (χ3n) is 3.21. The summed E-state index contributed by atoms with van der Waals surface area (Å²) in [5.74, 6) is -1.34. The summed E-state index contributed by atoms with van der Waals surface area (Å²) < 4.78 is 13.4. The fourth-order valence-electron chi connectivity index (χ4n) is 2.30. The topological polar surface area (TPSA) is 66.0 Å². The lowest BCUT2D eigenvalue weighted by Crippen LogP contribution is -1.97. The average molecular weight is 270 g/mol. The second-order valence-electron chi connectivity index (χ2n) is 4.55. The number of rotatable bonds is 2. The fourth-order valence-corrected chi connectivity index (χ4v) is 2.30. The Hall–Kier alpha value is -2.69. The van der Waals surface area contributed by atoms with Gasteiger partial charge < -0.3 is 10.1 Å². The molecular weight excluding hydrogens is 259 g/mol. The SMILES string of the molecule is Cc1[nH]c2ccc(F)cc2c1-c1ccc(C(=O)O)cn1. The molecule has 100 valence electrons. The molecule has 2 aromatic heterocycles. The third kappa shape index (κ3) is 1.93.